The molecule has 4 aromatic rings. The van der Waals surface area contributed by atoms with Crippen LogP contribution in [0, 0.1) is 17.3 Å². The highest BCUT2D eigenvalue weighted by Gasteiger charge is 2.33. The number of nitriles is 1. The molecule has 0 atom stereocenters. The fraction of sp³-hybridized carbons (Fsp3) is 0.292. The Morgan fingerprint density at radius 2 is 1.83 bits per heavy atom. The van der Waals surface area contributed by atoms with Crippen molar-refractivity contribution in [2.45, 2.75) is 24.9 Å². The number of piperidine rings is 1. The van der Waals surface area contributed by atoms with Crippen LogP contribution < -0.4 is 4.90 Å². The number of benzene rings is 1. The van der Waals surface area contributed by atoms with Crippen LogP contribution in [0.2, 0.25) is 0 Å². The molecule has 184 valence electrons. The van der Waals surface area contributed by atoms with E-state index in [1.54, 1.807) is 24.0 Å². The monoisotopic (exact) mass is 490 g/mol. The van der Waals surface area contributed by atoms with Crippen molar-refractivity contribution >= 4 is 5.69 Å². The summed E-state index contributed by atoms with van der Waals surface area (Å²) in [6.45, 7) is 1.02. The quantitative estimate of drug-likeness (QED) is 0.280. The van der Waals surface area contributed by atoms with Crippen molar-refractivity contribution < 1.29 is 19.7 Å². The summed E-state index contributed by atoms with van der Waals surface area (Å²) in [5, 5.41) is 51.2. The first kappa shape index (κ1) is 23.6. The molecule has 3 aromatic heterocycles. The van der Waals surface area contributed by atoms with E-state index >= 15 is 0 Å². The number of rotatable bonds is 5. The molecule has 0 amide bonds. The average Bonchev–Trinajstić information content (AvgIpc) is 3.53. The number of aryl methyl sites for hydroxylation is 1. The molecule has 0 spiro atoms. The van der Waals surface area contributed by atoms with Crippen molar-refractivity contribution in [3.63, 3.8) is 0 Å². The number of hydrogen-bond acceptors (Lipinski definition) is 9. The summed E-state index contributed by atoms with van der Waals surface area (Å²) in [4.78, 5) is 5.86. The van der Waals surface area contributed by atoms with Gasteiger partial charge in [-0.3, -0.25) is 4.68 Å². The van der Waals surface area contributed by atoms with Crippen LogP contribution >= 0.6 is 0 Å². The fourth-order valence-corrected chi connectivity index (χ4v) is 4.69. The standard InChI is InChI=1S/C24H23FN8O3/c1-31-9-8-20(30-31)18-4-3-17(16-2-5-21(25)27-13-16)22(19(18)12-26)32-10-6-15(7-11-32)23-29-28-14-33(23)24(34,35)36/h2-5,8-9,13-15,34-36H,6-7,10-11H2,1H3. The molecule has 0 radical (unpaired) electrons. The lowest BCUT2D eigenvalue weighted by atomic mass is 9.91. The van der Waals surface area contributed by atoms with Crippen LogP contribution in [-0.4, -0.2) is 57.9 Å². The maximum atomic E-state index is 13.5. The van der Waals surface area contributed by atoms with Crippen LogP contribution in [0.3, 0.4) is 0 Å². The Morgan fingerprint density at radius 1 is 1.08 bits per heavy atom. The largest absolute Gasteiger partial charge is 0.375 e. The summed E-state index contributed by atoms with van der Waals surface area (Å²) < 4.78 is 16.0. The van der Waals surface area contributed by atoms with E-state index in [0.29, 0.717) is 54.0 Å². The van der Waals surface area contributed by atoms with Gasteiger partial charge < -0.3 is 20.2 Å². The van der Waals surface area contributed by atoms with Crippen LogP contribution in [0.4, 0.5) is 10.1 Å². The van der Waals surface area contributed by atoms with Gasteiger partial charge in [-0.25, -0.2) is 9.55 Å². The third kappa shape index (κ3) is 4.31. The average molecular weight is 490 g/mol. The SMILES string of the molecule is Cn1ccc(-c2ccc(-c3ccc(F)nc3)c(N3CCC(c4nncn4C(O)(O)O)CC3)c2C#N)n1. The Balaban J connectivity index is 1.55. The molecular formula is C24H23FN8O3. The highest BCUT2D eigenvalue weighted by atomic mass is 19.1. The maximum Gasteiger partial charge on any atom is 0.375 e. The molecule has 12 heteroatoms. The first-order valence-corrected chi connectivity index (χ1v) is 11.3. The molecule has 1 aliphatic rings. The van der Waals surface area contributed by atoms with Gasteiger partial charge in [0.2, 0.25) is 5.95 Å². The first-order valence-electron chi connectivity index (χ1n) is 11.3. The Kier molecular flexibility index (Phi) is 5.97. The van der Waals surface area contributed by atoms with Crippen molar-refractivity contribution in [3.05, 3.63) is 66.4 Å². The zero-order valence-electron chi connectivity index (χ0n) is 19.3. The van der Waals surface area contributed by atoms with Gasteiger partial charge in [-0.05, 0) is 31.0 Å². The van der Waals surface area contributed by atoms with Crippen molar-refractivity contribution in [3.8, 4) is 28.5 Å². The Bertz CT molecular complexity index is 1430. The smallest absolute Gasteiger partial charge is 0.370 e. The van der Waals surface area contributed by atoms with Gasteiger partial charge in [0.25, 0.3) is 0 Å². The number of anilines is 1. The summed E-state index contributed by atoms with van der Waals surface area (Å²) in [7, 11) is 1.80. The van der Waals surface area contributed by atoms with Gasteiger partial charge in [0.15, 0.2) is 0 Å². The molecule has 0 bridgehead atoms. The van der Waals surface area contributed by atoms with Crippen molar-refractivity contribution in [2.24, 2.45) is 7.05 Å². The summed E-state index contributed by atoms with van der Waals surface area (Å²) in [6, 6.07) is 10.8. The molecule has 36 heavy (non-hydrogen) atoms. The van der Waals surface area contributed by atoms with Gasteiger partial charge in [-0.15, -0.1) is 10.2 Å². The minimum Gasteiger partial charge on any atom is -0.370 e. The van der Waals surface area contributed by atoms with Crippen molar-refractivity contribution in [2.75, 3.05) is 18.0 Å². The molecule has 0 saturated carbocycles. The molecule has 0 unspecified atom stereocenters. The second kappa shape index (κ2) is 9.12. The third-order valence-corrected chi connectivity index (χ3v) is 6.39. The van der Waals surface area contributed by atoms with Crippen molar-refractivity contribution in [1.82, 2.24) is 29.5 Å². The Morgan fingerprint density at radius 3 is 2.44 bits per heavy atom. The highest BCUT2D eigenvalue weighted by Crippen LogP contribution is 2.41. The molecule has 5 rings (SSSR count). The van der Waals surface area contributed by atoms with Crippen LogP contribution in [0.1, 0.15) is 30.1 Å². The van der Waals surface area contributed by atoms with E-state index in [4.69, 9.17) is 0 Å². The van der Waals surface area contributed by atoms with Crippen LogP contribution in [0.5, 0.6) is 0 Å². The molecule has 3 N–H and O–H groups in total. The fourth-order valence-electron chi connectivity index (χ4n) is 4.69. The first-order chi connectivity index (χ1) is 17.3. The van der Waals surface area contributed by atoms with E-state index < -0.39 is 12.0 Å². The van der Waals surface area contributed by atoms with Crippen LogP contribution in [0.15, 0.2) is 49.1 Å². The third-order valence-electron chi connectivity index (χ3n) is 6.39. The number of hydrogen-bond donors (Lipinski definition) is 3. The lowest BCUT2D eigenvalue weighted by molar-refractivity contribution is -0.376. The van der Waals surface area contributed by atoms with E-state index in [2.05, 4.69) is 31.2 Å². The number of aliphatic hydroxyl groups is 3. The topological polar surface area (TPSA) is 149 Å². The summed E-state index contributed by atoms with van der Waals surface area (Å²) in [5.74, 6) is -0.536. The molecule has 1 aromatic carbocycles. The van der Waals surface area contributed by atoms with E-state index in [-0.39, 0.29) is 11.7 Å². The molecular weight excluding hydrogens is 467 g/mol. The minimum atomic E-state index is -3.09. The lowest BCUT2D eigenvalue weighted by Gasteiger charge is -2.35. The molecule has 4 heterocycles. The number of nitrogens with zero attached hydrogens (tertiary/aromatic N) is 8. The van der Waals surface area contributed by atoms with Crippen molar-refractivity contribution in [1.29, 1.82) is 5.26 Å². The maximum absolute atomic E-state index is 13.5. The van der Waals surface area contributed by atoms with Gasteiger partial charge in [-0.2, -0.15) is 14.8 Å². The highest BCUT2D eigenvalue weighted by molar-refractivity contribution is 5.89. The predicted octanol–water partition coefficient (Wildman–Crippen LogP) is 1.68. The van der Waals surface area contributed by atoms with E-state index in [0.717, 1.165) is 16.5 Å². The van der Waals surface area contributed by atoms with Gasteiger partial charge in [0.1, 0.15) is 18.2 Å². The number of pyridine rings is 1. The second-order valence-corrected chi connectivity index (χ2v) is 8.66. The van der Waals surface area contributed by atoms with Gasteiger partial charge in [0, 0.05) is 55.1 Å². The van der Waals surface area contributed by atoms with Gasteiger partial charge in [0.05, 0.1) is 16.9 Å². The number of halogens is 1. The van der Waals surface area contributed by atoms with E-state index in [1.165, 1.54) is 12.3 Å². The molecule has 1 aliphatic heterocycles. The number of aromatic nitrogens is 6. The molecule has 1 fully saturated rings. The zero-order chi connectivity index (χ0) is 25.4. The Labute approximate surface area is 205 Å². The van der Waals surface area contributed by atoms with Gasteiger partial charge >= 0.3 is 6.10 Å². The summed E-state index contributed by atoms with van der Waals surface area (Å²) >= 11 is 0. The van der Waals surface area contributed by atoms with E-state index in [9.17, 15) is 25.0 Å². The normalized spacial score (nSPS) is 14.7. The molecule has 1 saturated heterocycles. The van der Waals surface area contributed by atoms with Gasteiger partial charge in [-0.1, -0.05) is 12.1 Å². The van der Waals surface area contributed by atoms with Crippen LogP contribution in [0.25, 0.3) is 22.4 Å². The summed E-state index contributed by atoms with van der Waals surface area (Å²) in [6.07, 6.45) is 2.31. The summed E-state index contributed by atoms with van der Waals surface area (Å²) in [5.41, 5.74) is 3.88. The second-order valence-electron chi connectivity index (χ2n) is 8.66. The van der Waals surface area contributed by atoms with E-state index in [1.807, 2.05) is 18.2 Å². The van der Waals surface area contributed by atoms with Crippen LogP contribution in [-0.2, 0) is 13.1 Å². The Hall–Kier alpha value is -4.18. The lowest BCUT2D eigenvalue weighted by Crippen LogP contribution is -2.38. The minimum absolute atomic E-state index is 0.199. The molecule has 11 nitrogen and oxygen atoms in total. The molecule has 0 aliphatic carbocycles. The zero-order valence-corrected chi connectivity index (χ0v) is 19.3. The predicted molar refractivity (Wildman–Crippen MR) is 125 cm³/mol.